The lowest BCUT2D eigenvalue weighted by Gasteiger charge is -2.15. The number of esters is 1. The van der Waals surface area contributed by atoms with E-state index in [0.717, 1.165) is 24.8 Å². The molecule has 9 heteroatoms. The summed E-state index contributed by atoms with van der Waals surface area (Å²) in [5.74, 6) is -1.10. The summed E-state index contributed by atoms with van der Waals surface area (Å²) >= 11 is 1.27. The summed E-state index contributed by atoms with van der Waals surface area (Å²) in [5.41, 5.74) is 1.68. The number of carbonyl (C=O) groups excluding carboxylic acids is 2. The zero-order chi connectivity index (χ0) is 24.2. The van der Waals surface area contributed by atoms with E-state index < -0.39 is 11.9 Å². The van der Waals surface area contributed by atoms with Gasteiger partial charge in [-0.25, -0.2) is 9.78 Å². The van der Waals surface area contributed by atoms with Crippen LogP contribution in [0.5, 0.6) is 0 Å². The van der Waals surface area contributed by atoms with E-state index in [0.29, 0.717) is 22.7 Å². The Morgan fingerprint density at radius 2 is 1.97 bits per heavy atom. The van der Waals surface area contributed by atoms with Crippen molar-refractivity contribution in [1.82, 2.24) is 14.0 Å². The number of unbranched alkanes of at least 4 members (excludes halogenated alkanes) is 2. The van der Waals surface area contributed by atoms with E-state index in [1.807, 2.05) is 13.0 Å². The predicted molar refractivity (Wildman–Crippen MR) is 131 cm³/mol. The number of aromatic nitrogens is 3. The van der Waals surface area contributed by atoms with Crippen molar-refractivity contribution in [3.05, 3.63) is 73.8 Å². The molecule has 0 radical (unpaired) electrons. The lowest BCUT2D eigenvalue weighted by Crippen LogP contribution is -2.33. The van der Waals surface area contributed by atoms with Gasteiger partial charge < -0.3 is 9.30 Å². The Hall–Kier alpha value is -3.59. The largest absolute Gasteiger partial charge is 0.462 e. The van der Waals surface area contributed by atoms with Crippen LogP contribution in [0.2, 0.25) is 0 Å². The molecule has 4 rings (SSSR count). The third-order valence-electron chi connectivity index (χ3n) is 5.53. The predicted octanol–water partition coefficient (Wildman–Crippen LogP) is 4.13. The van der Waals surface area contributed by atoms with Crippen molar-refractivity contribution in [2.24, 2.45) is 4.99 Å². The van der Waals surface area contributed by atoms with Crippen molar-refractivity contribution in [2.75, 3.05) is 6.61 Å². The monoisotopic (exact) mass is 478 g/mol. The molecule has 0 aromatic carbocycles. The van der Waals surface area contributed by atoms with E-state index in [1.54, 1.807) is 41.3 Å². The number of thiophene rings is 1. The smallest absolute Gasteiger partial charge is 0.341 e. The van der Waals surface area contributed by atoms with Crippen molar-refractivity contribution in [2.45, 2.75) is 46.6 Å². The maximum Gasteiger partial charge on any atom is 0.341 e. The summed E-state index contributed by atoms with van der Waals surface area (Å²) in [6.45, 7) is 6.27. The number of hydrogen-bond donors (Lipinski definition) is 0. The number of rotatable bonds is 7. The quantitative estimate of drug-likeness (QED) is 0.226. The lowest BCUT2D eigenvalue weighted by atomic mass is 10.2. The minimum Gasteiger partial charge on any atom is -0.462 e. The fourth-order valence-corrected chi connectivity index (χ4v) is 4.46. The number of hydrogen-bond acceptors (Lipinski definition) is 6. The first-order valence-corrected chi connectivity index (χ1v) is 12.2. The van der Waals surface area contributed by atoms with Gasteiger partial charge >= 0.3 is 5.97 Å². The Balaban J connectivity index is 2.13. The molecule has 0 N–H and O–H groups in total. The van der Waals surface area contributed by atoms with Gasteiger partial charge in [-0.2, -0.15) is 4.99 Å². The van der Waals surface area contributed by atoms with Crippen molar-refractivity contribution in [1.29, 1.82) is 0 Å². The fourth-order valence-electron chi connectivity index (χ4n) is 3.85. The summed E-state index contributed by atoms with van der Waals surface area (Å²) in [4.78, 5) is 48.9. The van der Waals surface area contributed by atoms with Gasteiger partial charge in [0, 0.05) is 12.7 Å². The van der Waals surface area contributed by atoms with Gasteiger partial charge in [0.25, 0.3) is 11.5 Å². The first-order valence-electron chi connectivity index (χ1n) is 11.3. The second-order valence-electron chi connectivity index (χ2n) is 7.89. The molecule has 4 aromatic rings. The second-order valence-corrected chi connectivity index (χ2v) is 8.84. The maximum atomic E-state index is 13.4. The van der Waals surface area contributed by atoms with E-state index >= 15 is 0 Å². The van der Waals surface area contributed by atoms with Gasteiger partial charge in [0.15, 0.2) is 5.49 Å². The van der Waals surface area contributed by atoms with Gasteiger partial charge in [0.1, 0.15) is 16.9 Å². The highest BCUT2D eigenvalue weighted by atomic mass is 32.1. The topological polar surface area (TPSA) is 95.0 Å². The van der Waals surface area contributed by atoms with Crippen LogP contribution in [0, 0.1) is 6.92 Å². The molecule has 0 aliphatic rings. The molecule has 0 atom stereocenters. The molecule has 8 nitrogen and oxygen atoms in total. The first kappa shape index (κ1) is 23.6. The zero-order valence-electron chi connectivity index (χ0n) is 19.4. The molecule has 0 saturated carbocycles. The minimum atomic E-state index is -0.639. The number of amides is 1. The Morgan fingerprint density at radius 3 is 2.68 bits per heavy atom. The van der Waals surface area contributed by atoms with Crippen LogP contribution >= 0.6 is 11.3 Å². The molecule has 34 heavy (non-hydrogen) atoms. The Kier molecular flexibility index (Phi) is 7.02. The van der Waals surface area contributed by atoms with E-state index in [-0.39, 0.29) is 28.6 Å². The minimum absolute atomic E-state index is 0.0715. The molecule has 0 aliphatic heterocycles. The Bertz CT molecular complexity index is 1500. The van der Waals surface area contributed by atoms with Crippen LogP contribution in [0.4, 0.5) is 0 Å². The van der Waals surface area contributed by atoms with Gasteiger partial charge in [0.2, 0.25) is 0 Å². The molecule has 0 aliphatic carbocycles. The SMILES string of the molecule is CCCCCn1c(=NC(=O)c2cccs2)c(C(=O)OCC)cc2c(=O)n3cccc(C)c3nc21. The number of ether oxygens (including phenoxy) is 1. The molecular weight excluding hydrogens is 452 g/mol. The van der Waals surface area contributed by atoms with Gasteiger partial charge in [-0.15, -0.1) is 11.3 Å². The van der Waals surface area contributed by atoms with Crippen molar-refractivity contribution >= 4 is 39.9 Å². The van der Waals surface area contributed by atoms with Crippen LogP contribution in [0.25, 0.3) is 16.7 Å². The maximum absolute atomic E-state index is 13.4. The third-order valence-corrected chi connectivity index (χ3v) is 6.38. The molecule has 1 amide bonds. The van der Waals surface area contributed by atoms with Crippen LogP contribution in [0.1, 0.15) is 58.7 Å². The van der Waals surface area contributed by atoms with Crippen molar-refractivity contribution in [3.63, 3.8) is 0 Å². The lowest BCUT2D eigenvalue weighted by molar-refractivity contribution is 0.0523. The molecule has 0 fully saturated rings. The highest BCUT2D eigenvalue weighted by molar-refractivity contribution is 7.12. The van der Waals surface area contributed by atoms with E-state index in [4.69, 9.17) is 9.72 Å². The first-order chi connectivity index (χ1) is 16.5. The Labute approximate surface area is 200 Å². The van der Waals surface area contributed by atoms with Crippen LogP contribution in [0.3, 0.4) is 0 Å². The van der Waals surface area contributed by atoms with Crippen LogP contribution in [-0.2, 0) is 11.3 Å². The third kappa shape index (κ3) is 4.43. The van der Waals surface area contributed by atoms with Crippen LogP contribution < -0.4 is 11.0 Å². The molecule has 0 unspecified atom stereocenters. The number of carbonyl (C=O) groups is 2. The van der Waals surface area contributed by atoms with E-state index in [2.05, 4.69) is 11.9 Å². The summed E-state index contributed by atoms with van der Waals surface area (Å²) in [6.07, 6.45) is 4.34. The molecular formula is C25H26N4O4S. The Morgan fingerprint density at radius 1 is 1.15 bits per heavy atom. The normalized spacial score (nSPS) is 11.9. The summed E-state index contributed by atoms with van der Waals surface area (Å²) in [5, 5.41) is 2.06. The van der Waals surface area contributed by atoms with Crippen LogP contribution in [0.15, 0.2) is 51.7 Å². The fraction of sp³-hybridized carbons (Fsp3) is 0.320. The van der Waals surface area contributed by atoms with Crippen molar-refractivity contribution in [3.8, 4) is 0 Å². The molecule has 176 valence electrons. The van der Waals surface area contributed by atoms with Crippen LogP contribution in [-0.4, -0.2) is 32.4 Å². The number of fused-ring (bicyclic) bond motifs is 2. The molecule has 0 bridgehead atoms. The number of aryl methyl sites for hydroxylation is 2. The van der Waals surface area contributed by atoms with E-state index in [1.165, 1.54) is 21.8 Å². The highest BCUT2D eigenvalue weighted by Gasteiger charge is 2.20. The van der Waals surface area contributed by atoms with Crippen molar-refractivity contribution < 1.29 is 14.3 Å². The highest BCUT2D eigenvalue weighted by Crippen LogP contribution is 2.15. The van der Waals surface area contributed by atoms with Gasteiger partial charge in [0.05, 0.1) is 16.9 Å². The molecule has 4 heterocycles. The number of nitrogens with zero attached hydrogens (tertiary/aromatic N) is 4. The van der Waals surface area contributed by atoms with Gasteiger partial charge in [-0.1, -0.05) is 31.9 Å². The number of pyridine rings is 2. The average molecular weight is 479 g/mol. The molecule has 0 saturated heterocycles. The second kappa shape index (κ2) is 10.1. The molecule has 4 aromatic heterocycles. The van der Waals surface area contributed by atoms with Gasteiger partial charge in [-0.05, 0) is 49.4 Å². The summed E-state index contributed by atoms with van der Waals surface area (Å²) in [7, 11) is 0. The summed E-state index contributed by atoms with van der Waals surface area (Å²) < 4.78 is 8.45. The van der Waals surface area contributed by atoms with Gasteiger partial charge in [-0.3, -0.25) is 14.0 Å². The standard InChI is InChI=1S/C25H26N4O4S/c1-4-6-7-12-28-21-17(24(31)29-13-8-10-16(3)20(29)26-21)15-18(25(32)33-5-2)22(28)27-23(30)19-11-9-14-34-19/h8-11,13-15H,4-7,12H2,1-3H3. The average Bonchev–Trinajstić information content (AvgIpc) is 3.36. The zero-order valence-corrected chi connectivity index (χ0v) is 20.2. The van der Waals surface area contributed by atoms with E-state index in [9.17, 15) is 14.4 Å². The molecule has 0 spiro atoms. The summed E-state index contributed by atoms with van der Waals surface area (Å²) in [6, 6.07) is 8.57.